The number of piperidine rings is 1. The van der Waals surface area contributed by atoms with Crippen LogP contribution in [-0.4, -0.2) is 98.0 Å². The Hall–Kier alpha value is -5.62. The van der Waals surface area contributed by atoms with E-state index in [4.69, 9.17) is 37.4 Å². The Morgan fingerprint density at radius 2 is 1.69 bits per heavy atom. The van der Waals surface area contributed by atoms with Crippen molar-refractivity contribution in [1.82, 2.24) is 20.1 Å². The van der Waals surface area contributed by atoms with Gasteiger partial charge in [0.25, 0.3) is 11.8 Å². The number of halogens is 2. The maximum absolute atomic E-state index is 13.3. The van der Waals surface area contributed by atoms with Crippen LogP contribution in [0.2, 0.25) is 10.0 Å². The fourth-order valence-electron chi connectivity index (χ4n) is 6.96. The van der Waals surface area contributed by atoms with E-state index in [9.17, 15) is 24.4 Å². The third kappa shape index (κ3) is 7.05. The standard InChI is InChI=1S/C38H35Cl2N7O7/c1-52-31-18-29(26(39)16-27(31)40)43-35-21(19-41)20-42-28-17-33(32(53-2)15-25(28)35)54-13-3-8-45-9-11-46(12-10-45)22-4-5-23-24(14-22)38(51)47(37(23)50)30-6-7-34(48)44-36(30)49/h4-5,14-18,20,30H,3,6-13H2,1-2H3,(H,42,43)(H,44,48,49). The molecule has 2 fully saturated rings. The van der Waals surface area contributed by atoms with Crippen molar-refractivity contribution in [2.24, 2.45) is 0 Å². The van der Waals surface area contributed by atoms with E-state index in [1.165, 1.54) is 13.3 Å². The van der Waals surface area contributed by atoms with Gasteiger partial charge in [-0.25, -0.2) is 0 Å². The molecule has 0 saturated carbocycles. The van der Waals surface area contributed by atoms with Crippen molar-refractivity contribution in [3.05, 3.63) is 75.4 Å². The van der Waals surface area contributed by atoms with Gasteiger partial charge in [0.1, 0.15) is 17.9 Å². The molecule has 54 heavy (non-hydrogen) atoms. The molecule has 3 aromatic carbocycles. The monoisotopic (exact) mass is 771 g/mol. The number of aromatic nitrogens is 1. The third-order valence-corrected chi connectivity index (χ3v) is 10.4. The molecule has 3 aliphatic rings. The van der Waals surface area contributed by atoms with Crippen LogP contribution in [-0.2, 0) is 9.59 Å². The largest absolute Gasteiger partial charge is 0.495 e. The summed E-state index contributed by atoms with van der Waals surface area (Å²) in [6.45, 7) is 4.24. The second-order valence-electron chi connectivity index (χ2n) is 13.0. The van der Waals surface area contributed by atoms with Crippen LogP contribution in [0.3, 0.4) is 0 Å². The van der Waals surface area contributed by atoms with Gasteiger partial charge in [-0.3, -0.25) is 39.3 Å². The van der Waals surface area contributed by atoms with Crippen molar-refractivity contribution in [3.63, 3.8) is 0 Å². The second-order valence-corrected chi connectivity index (χ2v) is 13.8. The Morgan fingerprint density at radius 3 is 2.41 bits per heavy atom. The molecule has 2 N–H and O–H groups in total. The molecule has 1 aromatic heterocycles. The second kappa shape index (κ2) is 15.4. The highest BCUT2D eigenvalue weighted by Gasteiger charge is 2.44. The number of ether oxygens (including phenoxy) is 3. The number of imide groups is 2. The van der Waals surface area contributed by atoms with E-state index in [-0.39, 0.29) is 24.0 Å². The van der Waals surface area contributed by atoms with E-state index >= 15 is 0 Å². The number of hydrogen-bond donors (Lipinski definition) is 2. The lowest BCUT2D eigenvalue weighted by Crippen LogP contribution is -2.54. The van der Waals surface area contributed by atoms with Crippen molar-refractivity contribution >= 4 is 74.8 Å². The first-order valence-corrected chi connectivity index (χ1v) is 18.0. The molecule has 3 aliphatic heterocycles. The number of benzene rings is 3. The first-order chi connectivity index (χ1) is 26.1. The zero-order valence-electron chi connectivity index (χ0n) is 29.4. The summed E-state index contributed by atoms with van der Waals surface area (Å²) in [7, 11) is 3.05. The van der Waals surface area contributed by atoms with Gasteiger partial charge in [0.2, 0.25) is 11.8 Å². The maximum atomic E-state index is 13.3. The van der Waals surface area contributed by atoms with Gasteiger partial charge in [0.15, 0.2) is 11.5 Å². The molecule has 278 valence electrons. The molecule has 14 nitrogen and oxygen atoms in total. The topological polar surface area (TPSA) is 166 Å². The zero-order chi connectivity index (χ0) is 38.1. The molecule has 1 unspecified atom stereocenters. The minimum Gasteiger partial charge on any atom is -0.495 e. The summed E-state index contributed by atoms with van der Waals surface area (Å²) < 4.78 is 17.2. The molecular formula is C38H35Cl2N7O7. The smallest absolute Gasteiger partial charge is 0.262 e. The highest BCUT2D eigenvalue weighted by Crippen LogP contribution is 2.40. The molecule has 0 spiro atoms. The van der Waals surface area contributed by atoms with Crippen LogP contribution in [0.25, 0.3) is 10.9 Å². The molecule has 2 saturated heterocycles. The Labute approximate surface area is 320 Å². The minimum atomic E-state index is -0.996. The predicted molar refractivity (Wildman–Crippen MR) is 201 cm³/mol. The quantitative estimate of drug-likeness (QED) is 0.152. The van der Waals surface area contributed by atoms with E-state index in [2.05, 4.69) is 31.5 Å². The van der Waals surface area contributed by atoms with Gasteiger partial charge in [0, 0.05) is 68.5 Å². The third-order valence-electron chi connectivity index (χ3n) is 9.81. The molecule has 0 radical (unpaired) electrons. The van der Waals surface area contributed by atoms with Crippen LogP contribution in [0.5, 0.6) is 17.2 Å². The fourth-order valence-corrected chi connectivity index (χ4v) is 7.47. The number of anilines is 3. The van der Waals surface area contributed by atoms with Gasteiger partial charge >= 0.3 is 0 Å². The van der Waals surface area contributed by atoms with Gasteiger partial charge < -0.3 is 24.4 Å². The SMILES string of the molecule is COc1cc(Nc2c(C#N)cnc3cc(OCCCN4CCN(c5ccc6c(c5)C(=O)N(C5CCC(=O)NC5=O)C6=O)CC4)c(OC)cc23)c(Cl)cc1Cl. The number of rotatable bonds is 11. The van der Waals surface area contributed by atoms with E-state index in [0.717, 1.165) is 49.7 Å². The number of carbonyl (C=O) groups excluding carboxylic acids is 4. The first kappa shape index (κ1) is 36.7. The first-order valence-electron chi connectivity index (χ1n) is 17.3. The predicted octanol–water partition coefficient (Wildman–Crippen LogP) is 5.17. The van der Waals surface area contributed by atoms with Gasteiger partial charge in [-0.1, -0.05) is 23.2 Å². The number of nitriles is 1. The van der Waals surface area contributed by atoms with Crippen LogP contribution in [0, 0.1) is 11.3 Å². The lowest BCUT2D eigenvalue weighted by molar-refractivity contribution is -0.136. The average molecular weight is 773 g/mol. The van der Waals surface area contributed by atoms with Crippen molar-refractivity contribution < 1.29 is 33.4 Å². The van der Waals surface area contributed by atoms with E-state index < -0.39 is 29.7 Å². The number of amides is 4. The molecule has 4 aromatic rings. The summed E-state index contributed by atoms with van der Waals surface area (Å²) in [6.07, 6.45) is 2.42. The number of carbonyl (C=O) groups is 4. The molecule has 0 bridgehead atoms. The Balaban J connectivity index is 0.954. The van der Waals surface area contributed by atoms with Crippen LogP contribution in [0.4, 0.5) is 17.1 Å². The number of fused-ring (bicyclic) bond motifs is 2. The number of methoxy groups -OCH3 is 2. The van der Waals surface area contributed by atoms with Gasteiger partial charge in [-0.2, -0.15) is 5.26 Å². The van der Waals surface area contributed by atoms with E-state index in [0.29, 0.717) is 61.7 Å². The Bertz CT molecular complexity index is 2240. The number of nitrogens with one attached hydrogen (secondary N) is 2. The van der Waals surface area contributed by atoms with Crippen LogP contribution in [0.15, 0.2) is 48.7 Å². The van der Waals surface area contributed by atoms with E-state index in [1.54, 1.807) is 43.5 Å². The van der Waals surface area contributed by atoms with Gasteiger partial charge in [-0.15, -0.1) is 0 Å². The molecule has 0 aliphatic carbocycles. The van der Waals surface area contributed by atoms with Gasteiger partial charge in [0.05, 0.1) is 64.5 Å². The molecule has 7 rings (SSSR count). The normalized spacial score (nSPS) is 17.4. The number of nitrogens with zero attached hydrogens (tertiary/aromatic N) is 5. The number of pyridine rings is 1. The van der Waals surface area contributed by atoms with Crippen LogP contribution in [0.1, 0.15) is 45.5 Å². The highest BCUT2D eigenvalue weighted by molar-refractivity contribution is 6.37. The van der Waals surface area contributed by atoms with Crippen LogP contribution >= 0.6 is 23.2 Å². The number of hydrogen-bond acceptors (Lipinski definition) is 12. The molecule has 16 heteroatoms. The van der Waals surface area contributed by atoms with Crippen molar-refractivity contribution in [2.75, 3.05) is 63.8 Å². The van der Waals surface area contributed by atoms with Crippen molar-refractivity contribution in [2.45, 2.75) is 25.3 Å². The Kier molecular flexibility index (Phi) is 10.5. The summed E-state index contributed by atoms with van der Waals surface area (Å²) in [6, 6.07) is 13.2. The highest BCUT2D eigenvalue weighted by atomic mass is 35.5. The summed E-state index contributed by atoms with van der Waals surface area (Å²) >= 11 is 12.7. The van der Waals surface area contributed by atoms with Crippen molar-refractivity contribution in [3.8, 4) is 23.3 Å². The molecule has 4 amide bonds. The fraction of sp³-hybridized carbons (Fsp3) is 0.316. The van der Waals surface area contributed by atoms with Crippen molar-refractivity contribution in [1.29, 1.82) is 5.26 Å². The number of piperazine rings is 1. The maximum Gasteiger partial charge on any atom is 0.262 e. The zero-order valence-corrected chi connectivity index (χ0v) is 30.9. The average Bonchev–Trinajstić information content (AvgIpc) is 3.42. The summed E-state index contributed by atoms with van der Waals surface area (Å²) in [5.41, 5.74) is 3.24. The van der Waals surface area contributed by atoms with E-state index in [1.807, 2.05) is 6.07 Å². The lowest BCUT2D eigenvalue weighted by Gasteiger charge is -2.36. The lowest BCUT2D eigenvalue weighted by atomic mass is 10.0. The molecule has 1 atom stereocenters. The summed E-state index contributed by atoms with van der Waals surface area (Å²) in [5, 5.41) is 16.7. The van der Waals surface area contributed by atoms with Gasteiger partial charge in [-0.05, 0) is 43.2 Å². The summed E-state index contributed by atoms with van der Waals surface area (Å²) in [5.74, 6) is -0.651. The minimum absolute atomic E-state index is 0.0733. The molecule has 4 heterocycles. The van der Waals surface area contributed by atoms with Crippen LogP contribution < -0.4 is 29.7 Å². The molecular weight excluding hydrogens is 737 g/mol. The summed E-state index contributed by atoms with van der Waals surface area (Å²) in [4.78, 5) is 60.4. The Morgan fingerprint density at radius 1 is 0.926 bits per heavy atom.